The number of phosphoric ester groups is 1. The van der Waals surface area contributed by atoms with Crippen LogP contribution in [0.2, 0.25) is 0 Å². The van der Waals surface area contributed by atoms with Crippen LogP contribution in [0.15, 0.2) is 53.0 Å². The van der Waals surface area contributed by atoms with Crippen molar-refractivity contribution >= 4 is 19.8 Å². The average Bonchev–Trinajstić information content (AvgIpc) is 3.45. The molecule has 1 rings (SSSR count). The third kappa shape index (κ3) is 31.1. The summed E-state index contributed by atoms with van der Waals surface area (Å²) in [6.07, 6.45) is 34.0. The number of carbonyl (C=O) groups excluding carboxylic acids is 2. The van der Waals surface area contributed by atoms with E-state index in [1.807, 2.05) is 34.1 Å². The van der Waals surface area contributed by atoms with Crippen LogP contribution in [-0.4, -0.2) is 81.2 Å². The molecule has 344 valence electrons. The molecule has 1 N–H and O–H groups in total. The van der Waals surface area contributed by atoms with Gasteiger partial charge in [-0.2, -0.15) is 0 Å². The van der Waals surface area contributed by atoms with Crippen LogP contribution in [0.3, 0.4) is 0 Å². The zero-order valence-corrected chi connectivity index (χ0v) is 39.4. The summed E-state index contributed by atoms with van der Waals surface area (Å²) < 4.78 is 40.1. The molecule has 11 nitrogen and oxygen atoms in total. The zero-order valence-electron chi connectivity index (χ0n) is 38.5. The quantitative estimate of drug-likeness (QED) is 0.0226. The van der Waals surface area contributed by atoms with Crippen LogP contribution in [-0.2, 0) is 45.5 Å². The highest BCUT2D eigenvalue weighted by Crippen LogP contribution is 2.38. The Labute approximate surface area is 363 Å². The number of aryl methyl sites for hydroxylation is 2. The van der Waals surface area contributed by atoms with Gasteiger partial charge in [0.05, 0.1) is 33.9 Å². The summed E-state index contributed by atoms with van der Waals surface area (Å²) in [4.78, 5) is 37.7. The summed E-state index contributed by atoms with van der Waals surface area (Å²) >= 11 is 0. The van der Waals surface area contributed by atoms with Crippen LogP contribution in [0, 0.1) is 13.8 Å². The van der Waals surface area contributed by atoms with Crippen molar-refractivity contribution in [2.24, 2.45) is 0 Å². The molecule has 0 aliphatic heterocycles. The highest BCUT2D eigenvalue weighted by atomic mass is 31.2. The molecule has 1 heterocycles. The second-order valence-corrected chi connectivity index (χ2v) is 18.3. The van der Waals surface area contributed by atoms with Gasteiger partial charge in [-0.1, -0.05) is 94.1 Å². The molecule has 0 amide bonds. The summed E-state index contributed by atoms with van der Waals surface area (Å²) in [7, 11) is 1.08. The van der Waals surface area contributed by atoms with Crippen LogP contribution < -0.4 is 4.89 Å². The fourth-order valence-electron chi connectivity index (χ4n) is 6.20. The fraction of sp³-hybridized carbons (Fsp3) is 0.708. The maximum Gasteiger partial charge on any atom is 0.306 e. The lowest BCUT2D eigenvalue weighted by atomic mass is 10.0. The number of furan rings is 1. The minimum atomic E-state index is -4.66. The number of esters is 2. The Morgan fingerprint density at radius 2 is 1.23 bits per heavy atom. The van der Waals surface area contributed by atoms with E-state index in [4.69, 9.17) is 22.9 Å². The van der Waals surface area contributed by atoms with E-state index in [1.165, 1.54) is 30.4 Å². The number of allylic oxidation sites excluding steroid dienone is 8. The molecule has 0 spiro atoms. The second-order valence-electron chi connectivity index (χ2n) is 16.9. The van der Waals surface area contributed by atoms with Gasteiger partial charge >= 0.3 is 11.9 Å². The van der Waals surface area contributed by atoms with Crippen molar-refractivity contribution in [3.05, 3.63) is 71.3 Å². The Balaban J connectivity index is 2.42. The fourth-order valence-corrected chi connectivity index (χ4v) is 6.92. The van der Waals surface area contributed by atoms with Crippen LogP contribution >= 0.6 is 7.82 Å². The minimum absolute atomic E-state index is 0.0557. The number of nitrogens with zero attached hydrogens (tertiary/aromatic N) is 1. The molecule has 1 unspecified atom stereocenters. The molecule has 0 bridgehead atoms. The van der Waals surface area contributed by atoms with E-state index >= 15 is 0 Å². The van der Waals surface area contributed by atoms with E-state index in [0.717, 1.165) is 95.0 Å². The summed E-state index contributed by atoms with van der Waals surface area (Å²) in [6, 6.07) is 0. The van der Waals surface area contributed by atoms with Crippen LogP contribution in [0.4, 0.5) is 0 Å². The highest BCUT2D eigenvalue weighted by molar-refractivity contribution is 7.45. The van der Waals surface area contributed by atoms with Gasteiger partial charge in [0, 0.05) is 25.7 Å². The van der Waals surface area contributed by atoms with Crippen LogP contribution in [0.1, 0.15) is 158 Å². The van der Waals surface area contributed by atoms with Gasteiger partial charge in [0.15, 0.2) is 6.10 Å². The maximum atomic E-state index is 12.8. The number of phosphoric acid groups is 1. The summed E-state index contributed by atoms with van der Waals surface area (Å²) in [6.45, 7) is 7.93. The zero-order chi connectivity index (χ0) is 44.5. The van der Waals surface area contributed by atoms with E-state index < -0.39 is 32.5 Å². The van der Waals surface area contributed by atoms with E-state index in [9.17, 15) is 24.2 Å². The van der Waals surface area contributed by atoms with Gasteiger partial charge in [-0.3, -0.25) is 14.2 Å². The predicted octanol–water partition coefficient (Wildman–Crippen LogP) is 10.7. The van der Waals surface area contributed by atoms with E-state index in [0.29, 0.717) is 30.3 Å². The molecule has 12 heteroatoms. The van der Waals surface area contributed by atoms with Crippen molar-refractivity contribution in [2.45, 2.75) is 175 Å². The Morgan fingerprint density at radius 1 is 0.717 bits per heavy atom. The predicted molar refractivity (Wildman–Crippen MR) is 240 cm³/mol. The van der Waals surface area contributed by atoms with Gasteiger partial charge in [0.1, 0.15) is 31.3 Å². The molecule has 0 aliphatic carbocycles. The smallest absolute Gasteiger partial charge is 0.306 e. The SMILES string of the molecule is CCCCCc1oc(CCCCCCCCC(=O)O[C@H](COC(=O)CCC/C=C\C/C=C\C/C=C\C/C=C\CCC[C@@H](C)O)COP(=O)([O-])OCC[N+](C)(C)C)c(C)c1C. The number of hydrogen-bond acceptors (Lipinski definition) is 10. The van der Waals surface area contributed by atoms with Crippen molar-refractivity contribution in [2.75, 3.05) is 47.5 Å². The van der Waals surface area contributed by atoms with Crippen LogP contribution in [0.5, 0.6) is 0 Å². The molecule has 0 aliphatic rings. The van der Waals surface area contributed by atoms with Gasteiger partial charge in [-0.25, -0.2) is 0 Å². The molecule has 0 aromatic carbocycles. The molecular weight excluding hydrogens is 781 g/mol. The minimum Gasteiger partial charge on any atom is -0.756 e. The van der Waals surface area contributed by atoms with Gasteiger partial charge < -0.3 is 37.4 Å². The molecule has 0 fully saturated rings. The number of aliphatic hydroxyl groups is 1. The van der Waals surface area contributed by atoms with Crippen molar-refractivity contribution in [3.63, 3.8) is 0 Å². The number of aliphatic hydroxyl groups excluding tert-OH is 1. The Morgan fingerprint density at radius 3 is 1.80 bits per heavy atom. The number of carbonyl (C=O) groups is 2. The molecular formula is C48H82NO10P. The first-order valence-corrected chi connectivity index (χ1v) is 24.2. The van der Waals surface area contributed by atoms with Gasteiger partial charge in [-0.05, 0) is 103 Å². The highest BCUT2D eigenvalue weighted by Gasteiger charge is 2.22. The number of quaternary nitrogens is 1. The Bertz CT molecular complexity index is 1460. The average molecular weight is 864 g/mol. The molecule has 0 saturated heterocycles. The Hall–Kier alpha value is -2.79. The molecule has 1 aromatic heterocycles. The lowest BCUT2D eigenvalue weighted by molar-refractivity contribution is -0.870. The van der Waals surface area contributed by atoms with E-state index in [-0.39, 0.29) is 32.2 Å². The number of ether oxygens (including phenoxy) is 2. The van der Waals surface area contributed by atoms with Crippen molar-refractivity contribution in [3.8, 4) is 0 Å². The van der Waals surface area contributed by atoms with Crippen molar-refractivity contribution in [1.29, 1.82) is 0 Å². The Kier molecular flexibility index (Phi) is 31.1. The second kappa shape index (κ2) is 33.8. The van der Waals surface area contributed by atoms with E-state index in [1.54, 1.807) is 0 Å². The van der Waals surface area contributed by atoms with Gasteiger partial charge in [-0.15, -0.1) is 0 Å². The number of unbranched alkanes of at least 4 members (excludes halogenated alkanes) is 9. The standard InChI is InChI=1S/C48H82NO10P/c1-8-9-27-33-45-42(3)43(4)46(59-45)34-29-24-21-22-26-31-36-48(52)58-44(40-57-60(53,54)56-38-37-49(5,6)7)39-55-47(51)35-30-25-20-18-16-14-12-10-11-13-15-17-19-23-28-32-41(2)50/h11-14,17-20,41,44,50H,8-10,15-16,21-40H2,1-7H3/b13-11-,14-12-,19-17-,20-18-/t41-,44-/m1/s1. The first-order valence-electron chi connectivity index (χ1n) is 22.7. The number of likely N-dealkylation sites (N-methyl/N-ethyl adjacent to an activating group) is 1. The number of rotatable bonds is 37. The molecule has 0 radical (unpaired) electrons. The largest absolute Gasteiger partial charge is 0.756 e. The third-order valence-corrected chi connectivity index (χ3v) is 11.0. The van der Waals surface area contributed by atoms with Gasteiger partial charge in [0.2, 0.25) is 0 Å². The first-order chi connectivity index (χ1) is 28.6. The molecule has 0 saturated carbocycles. The van der Waals surface area contributed by atoms with Crippen molar-refractivity contribution < 1.29 is 51.6 Å². The summed E-state index contributed by atoms with van der Waals surface area (Å²) in [5, 5.41) is 9.28. The normalized spacial score (nSPS) is 14.5. The molecule has 1 aromatic rings. The molecule has 60 heavy (non-hydrogen) atoms. The summed E-state index contributed by atoms with van der Waals surface area (Å²) in [5.41, 5.74) is 2.58. The van der Waals surface area contributed by atoms with Gasteiger partial charge in [0.25, 0.3) is 7.82 Å². The topological polar surface area (TPSA) is 145 Å². The van der Waals surface area contributed by atoms with E-state index in [2.05, 4.69) is 63.3 Å². The third-order valence-electron chi connectivity index (χ3n) is 10.1. The monoisotopic (exact) mass is 864 g/mol. The first kappa shape index (κ1) is 55.2. The lowest BCUT2D eigenvalue weighted by Crippen LogP contribution is -2.37. The molecule has 3 atom stereocenters. The van der Waals surface area contributed by atoms with Crippen molar-refractivity contribution in [1.82, 2.24) is 0 Å². The summed E-state index contributed by atoms with van der Waals surface area (Å²) in [5.74, 6) is 1.30. The lowest BCUT2D eigenvalue weighted by Gasteiger charge is -2.28. The number of hydrogen-bond donors (Lipinski definition) is 1. The van der Waals surface area contributed by atoms with Crippen LogP contribution in [0.25, 0.3) is 0 Å². The maximum absolute atomic E-state index is 12.8.